The number of carbonyl (C=O) groups is 1. The minimum Gasteiger partial charge on any atom is -0.441 e. The fraction of sp³-hybridized carbons (Fsp3) is 0.462. The molecule has 0 N–H and O–H groups in total. The predicted octanol–water partition coefficient (Wildman–Crippen LogP) is 2.13. The van der Waals surface area contributed by atoms with Crippen LogP contribution < -0.4 is 0 Å². The quantitative estimate of drug-likeness (QED) is 0.733. The monoisotopic (exact) mass is 231 g/mol. The lowest BCUT2D eigenvalue weighted by Gasteiger charge is -2.21. The fourth-order valence-electron chi connectivity index (χ4n) is 2.38. The number of rotatable bonds is 2. The van der Waals surface area contributed by atoms with Crippen LogP contribution in [0.25, 0.3) is 0 Å². The van der Waals surface area contributed by atoms with Gasteiger partial charge in [0.1, 0.15) is 11.8 Å². The van der Waals surface area contributed by atoms with E-state index < -0.39 is 6.23 Å². The number of hydrogen-bond donors (Lipinski definition) is 0. The van der Waals surface area contributed by atoms with Crippen LogP contribution in [0.3, 0.4) is 0 Å². The van der Waals surface area contributed by atoms with Crippen LogP contribution >= 0.6 is 0 Å². The van der Waals surface area contributed by atoms with Crippen molar-refractivity contribution in [1.29, 1.82) is 5.26 Å². The molecule has 2 rings (SSSR count). The molecule has 1 heterocycles. The van der Waals surface area contributed by atoms with E-state index >= 15 is 0 Å². The van der Waals surface area contributed by atoms with Gasteiger partial charge in [0.15, 0.2) is 6.23 Å². The van der Waals surface area contributed by atoms with Crippen LogP contribution in [0, 0.1) is 18.3 Å². The number of aromatic nitrogens is 1. The number of esters is 1. The van der Waals surface area contributed by atoms with E-state index in [2.05, 4.69) is 13.0 Å². The second-order valence-corrected chi connectivity index (χ2v) is 4.25. The standard InChI is InChI=1S/C13H15N2O2/c1-9(17-10(2)16)15-12(8-14)7-11-5-3-4-6-13(11)15/h7,9H,1,3-6H2,2H3. The summed E-state index contributed by atoms with van der Waals surface area (Å²) in [4.78, 5) is 11.0. The van der Waals surface area contributed by atoms with Crippen molar-refractivity contribution in [3.05, 3.63) is 29.9 Å². The van der Waals surface area contributed by atoms with Gasteiger partial charge in [0.2, 0.25) is 0 Å². The molecule has 1 aliphatic rings. The molecule has 4 heteroatoms. The van der Waals surface area contributed by atoms with Crippen molar-refractivity contribution < 1.29 is 9.53 Å². The van der Waals surface area contributed by atoms with Crippen molar-refractivity contribution >= 4 is 5.97 Å². The molecular weight excluding hydrogens is 216 g/mol. The van der Waals surface area contributed by atoms with E-state index in [0.717, 1.165) is 31.4 Å². The van der Waals surface area contributed by atoms with E-state index in [-0.39, 0.29) is 5.97 Å². The smallest absolute Gasteiger partial charge is 0.304 e. The molecule has 4 nitrogen and oxygen atoms in total. The lowest BCUT2D eigenvalue weighted by molar-refractivity contribution is -0.148. The number of nitrogens with zero attached hydrogens (tertiary/aromatic N) is 2. The summed E-state index contributed by atoms with van der Waals surface area (Å²) in [6, 6.07) is 4.02. The zero-order valence-electron chi connectivity index (χ0n) is 9.90. The first kappa shape index (κ1) is 11.7. The van der Waals surface area contributed by atoms with Crippen molar-refractivity contribution in [2.45, 2.75) is 38.8 Å². The van der Waals surface area contributed by atoms with Crippen molar-refractivity contribution in [2.24, 2.45) is 0 Å². The zero-order valence-corrected chi connectivity index (χ0v) is 9.90. The second kappa shape index (κ2) is 4.62. The molecule has 0 saturated heterocycles. The Morgan fingerprint density at radius 3 is 2.94 bits per heavy atom. The highest BCUT2D eigenvalue weighted by Crippen LogP contribution is 2.28. The summed E-state index contributed by atoms with van der Waals surface area (Å²) in [6.45, 7) is 5.15. The highest BCUT2D eigenvalue weighted by molar-refractivity contribution is 5.66. The first-order chi connectivity index (χ1) is 8.13. The van der Waals surface area contributed by atoms with E-state index in [4.69, 9.17) is 10.00 Å². The lowest BCUT2D eigenvalue weighted by atomic mass is 9.98. The lowest BCUT2D eigenvalue weighted by Crippen LogP contribution is -2.18. The van der Waals surface area contributed by atoms with Gasteiger partial charge >= 0.3 is 5.97 Å². The molecule has 17 heavy (non-hydrogen) atoms. The van der Waals surface area contributed by atoms with Crippen LogP contribution in [0.5, 0.6) is 0 Å². The Kier molecular flexibility index (Phi) is 3.19. The summed E-state index contributed by atoms with van der Waals surface area (Å²) in [5.74, 6) is -0.382. The average Bonchev–Trinajstić information content (AvgIpc) is 2.66. The number of hydrogen-bond acceptors (Lipinski definition) is 3. The third-order valence-electron chi connectivity index (χ3n) is 3.05. The minimum absolute atomic E-state index is 0.382. The maximum absolute atomic E-state index is 11.0. The van der Waals surface area contributed by atoms with Crippen LogP contribution in [0.15, 0.2) is 6.07 Å². The van der Waals surface area contributed by atoms with Gasteiger partial charge in [0.25, 0.3) is 0 Å². The zero-order chi connectivity index (χ0) is 12.4. The van der Waals surface area contributed by atoms with Gasteiger partial charge in [-0.1, -0.05) is 0 Å². The van der Waals surface area contributed by atoms with Crippen molar-refractivity contribution in [1.82, 2.24) is 4.57 Å². The van der Waals surface area contributed by atoms with Gasteiger partial charge in [-0.3, -0.25) is 9.36 Å². The van der Waals surface area contributed by atoms with Crippen LogP contribution in [0.4, 0.5) is 0 Å². The molecule has 0 aromatic carbocycles. The molecule has 1 aliphatic carbocycles. The van der Waals surface area contributed by atoms with E-state index in [0.29, 0.717) is 5.69 Å². The van der Waals surface area contributed by atoms with Crippen LogP contribution in [0.2, 0.25) is 0 Å². The van der Waals surface area contributed by atoms with E-state index in [1.54, 1.807) is 4.57 Å². The van der Waals surface area contributed by atoms with Gasteiger partial charge in [-0.2, -0.15) is 5.26 Å². The van der Waals surface area contributed by atoms with Crippen molar-refractivity contribution in [2.75, 3.05) is 0 Å². The predicted molar refractivity (Wildman–Crippen MR) is 61.9 cm³/mol. The highest BCUT2D eigenvalue weighted by atomic mass is 16.6. The molecule has 0 amide bonds. The third-order valence-corrected chi connectivity index (χ3v) is 3.05. The number of fused-ring (bicyclic) bond motifs is 1. The Morgan fingerprint density at radius 2 is 2.29 bits per heavy atom. The van der Waals surface area contributed by atoms with Gasteiger partial charge in [-0.25, -0.2) is 0 Å². The first-order valence-electron chi connectivity index (χ1n) is 5.77. The molecule has 0 aliphatic heterocycles. The molecule has 1 unspecified atom stereocenters. The summed E-state index contributed by atoms with van der Waals surface area (Å²) in [5, 5.41) is 9.11. The Labute approximate surface area is 101 Å². The maximum Gasteiger partial charge on any atom is 0.304 e. The molecule has 1 aromatic heterocycles. The Balaban J connectivity index is 2.40. The third kappa shape index (κ3) is 2.19. The summed E-state index contributed by atoms with van der Waals surface area (Å²) in [5.41, 5.74) is 2.81. The molecule has 89 valence electrons. The molecule has 0 bridgehead atoms. The first-order valence-corrected chi connectivity index (χ1v) is 5.77. The molecule has 1 radical (unpaired) electrons. The highest BCUT2D eigenvalue weighted by Gasteiger charge is 2.22. The Morgan fingerprint density at radius 1 is 1.59 bits per heavy atom. The summed E-state index contributed by atoms with van der Waals surface area (Å²) in [7, 11) is 0. The molecule has 0 spiro atoms. The van der Waals surface area contributed by atoms with Gasteiger partial charge in [-0.05, 0) is 37.3 Å². The Bertz CT molecular complexity index is 482. The molecule has 0 fully saturated rings. The topological polar surface area (TPSA) is 55.0 Å². The number of ether oxygens (including phenoxy) is 1. The number of carbonyl (C=O) groups excluding carboxylic acids is 1. The largest absolute Gasteiger partial charge is 0.441 e. The Hall–Kier alpha value is -1.76. The van der Waals surface area contributed by atoms with Crippen LogP contribution in [-0.2, 0) is 22.4 Å². The van der Waals surface area contributed by atoms with Gasteiger partial charge in [0, 0.05) is 19.5 Å². The minimum atomic E-state index is -0.649. The van der Waals surface area contributed by atoms with Gasteiger partial charge in [-0.15, -0.1) is 0 Å². The number of aryl methyl sites for hydroxylation is 1. The maximum atomic E-state index is 11.0. The van der Waals surface area contributed by atoms with Crippen molar-refractivity contribution in [3.63, 3.8) is 0 Å². The fourth-order valence-corrected chi connectivity index (χ4v) is 2.38. The van der Waals surface area contributed by atoms with Gasteiger partial charge < -0.3 is 4.74 Å². The van der Waals surface area contributed by atoms with E-state index in [9.17, 15) is 4.79 Å². The SMILES string of the molecule is [CH2]C(OC(C)=O)n1c(C#N)cc2c1CCCC2. The van der Waals surface area contributed by atoms with Crippen molar-refractivity contribution in [3.8, 4) is 6.07 Å². The van der Waals surface area contributed by atoms with E-state index in [1.165, 1.54) is 12.5 Å². The summed E-state index contributed by atoms with van der Waals surface area (Å²) in [6.07, 6.45) is 3.52. The molecule has 1 aromatic rings. The summed E-state index contributed by atoms with van der Waals surface area (Å²) >= 11 is 0. The molecular formula is C13H15N2O2. The normalized spacial score (nSPS) is 15.8. The molecule has 0 saturated carbocycles. The number of nitriles is 1. The van der Waals surface area contributed by atoms with Gasteiger partial charge in [0.05, 0.1) is 0 Å². The van der Waals surface area contributed by atoms with Crippen LogP contribution in [-0.4, -0.2) is 10.5 Å². The average molecular weight is 231 g/mol. The molecule has 1 atom stereocenters. The summed E-state index contributed by atoms with van der Waals surface area (Å²) < 4.78 is 6.81. The second-order valence-electron chi connectivity index (χ2n) is 4.25. The van der Waals surface area contributed by atoms with E-state index in [1.807, 2.05) is 6.07 Å². The van der Waals surface area contributed by atoms with Crippen LogP contribution in [0.1, 0.15) is 42.9 Å².